The first kappa shape index (κ1) is 23.3. The van der Waals surface area contributed by atoms with Crippen LogP contribution in [0.1, 0.15) is 13.2 Å². The number of nitrogens with two attached hydrogens (primary N) is 1. The Balaban J connectivity index is 2.17. The van der Waals surface area contributed by atoms with Gasteiger partial charge in [-0.05, 0) is 13.0 Å². The van der Waals surface area contributed by atoms with E-state index in [1.54, 1.807) is 0 Å². The highest BCUT2D eigenvalue weighted by atomic mass is 31.3. The van der Waals surface area contributed by atoms with Crippen molar-refractivity contribution in [2.75, 3.05) is 5.73 Å². The fraction of sp³-hybridized carbons (Fsp3) is 0.556. The predicted octanol–water partition coefficient (Wildman–Crippen LogP) is -1.18. The lowest BCUT2D eigenvalue weighted by molar-refractivity contribution is -0.0349. The van der Waals surface area contributed by atoms with Gasteiger partial charge in [-0.3, -0.25) is 9.09 Å². The summed E-state index contributed by atoms with van der Waals surface area (Å²) < 4.78 is 51.7. The second-order valence-corrected chi connectivity index (χ2v) is 9.80. The van der Waals surface area contributed by atoms with Crippen LogP contribution in [-0.2, 0) is 31.6 Å². The van der Waals surface area contributed by atoms with Crippen LogP contribution in [0.25, 0.3) is 0 Å². The quantitative estimate of drug-likeness (QED) is 0.258. The minimum Gasteiger partial charge on any atom is -0.386 e. The molecule has 0 aromatic carbocycles. The SMILES string of the molecule is C[C@H]1O[C@@H](n2ccc(N)nc2=O)[C@H](O)[C@@H]1OP(=O)(O)OP(=O)(O)OP(=O)(O)O. The second kappa shape index (κ2) is 8.03. The summed E-state index contributed by atoms with van der Waals surface area (Å²) in [6.45, 7) is 1.27. The number of ether oxygens (including phenoxy) is 1. The third kappa shape index (κ3) is 6.00. The van der Waals surface area contributed by atoms with Gasteiger partial charge in [0.05, 0.1) is 6.10 Å². The van der Waals surface area contributed by atoms with Gasteiger partial charge < -0.3 is 35.2 Å². The molecule has 6 atom stereocenters. The Bertz CT molecular complexity index is 929. The number of hydrogen-bond donors (Lipinski definition) is 6. The fourth-order valence-electron chi connectivity index (χ4n) is 2.27. The van der Waals surface area contributed by atoms with E-state index in [9.17, 15) is 28.5 Å². The van der Waals surface area contributed by atoms with Crippen LogP contribution in [0.3, 0.4) is 0 Å². The van der Waals surface area contributed by atoms with Gasteiger partial charge in [0.1, 0.15) is 18.0 Å². The van der Waals surface area contributed by atoms with E-state index in [1.807, 2.05) is 0 Å². The van der Waals surface area contributed by atoms with E-state index in [1.165, 1.54) is 13.0 Å². The monoisotopic (exact) mass is 467 g/mol. The number of rotatable bonds is 7. The summed E-state index contributed by atoms with van der Waals surface area (Å²) in [7, 11) is -16.8. The van der Waals surface area contributed by atoms with Crippen LogP contribution < -0.4 is 11.4 Å². The summed E-state index contributed by atoms with van der Waals surface area (Å²) in [5.74, 6) is -0.105. The van der Waals surface area contributed by atoms with Gasteiger partial charge in [-0.25, -0.2) is 18.5 Å². The fourth-order valence-corrected chi connectivity index (χ4v) is 5.53. The Morgan fingerprint density at radius 2 is 1.79 bits per heavy atom. The van der Waals surface area contributed by atoms with Crippen LogP contribution in [-0.4, -0.2) is 52.5 Å². The summed E-state index contributed by atoms with van der Waals surface area (Å²) in [4.78, 5) is 50.9. The number of nitrogen functional groups attached to an aromatic ring is 1. The van der Waals surface area contributed by atoms with Crippen molar-refractivity contribution in [1.29, 1.82) is 0 Å². The highest BCUT2D eigenvalue weighted by Gasteiger charge is 2.49. The maximum absolute atomic E-state index is 11.9. The van der Waals surface area contributed by atoms with E-state index in [0.29, 0.717) is 0 Å². The van der Waals surface area contributed by atoms with Crippen molar-refractivity contribution in [2.24, 2.45) is 0 Å². The molecule has 0 bridgehead atoms. The summed E-state index contributed by atoms with van der Waals surface area (Å²) in [6, 6.07) is 1.22. The van der Waals surface area contributed by atoms with Crippen molar-refractivity contribution in [3.8, 4) is 0 Å². The topological polar surface area (TPSA) is 250 Å². The zero-order valence-corrected chi connectivity index (χ0v) is 16.5. The molecule has 0 amide bonds. The van der Waals surface area contributed by atoms with Gasteiger partial charge in [-0.1, -0.05) is 0 Å². The lowest BCUT2D eigenvalue weighted by atomic mass is 10.1. The molecule has 1 aromatic heterocycles. The van der Waals surface area contributed by atoms with E-state index < -0.39 is 53.7 Å². The molecule has 1 saturated heterocycles. The van der Waals surface area contributed by atoms with Crippen LogP contribution >= 0.6 is 23.5 Å². The minimum atomic E-state index is -5.72. The molecule has 28 heavy (non-hydrogen) atoms. The molecule has 1 aliphatic heterocycles. The zero-order valence-electron chi connectivity index (χ0n) is 13.8. The molecule has 2 rings (SSSR count). The molecule has 0 aliphatic carbocycles. The maximum atomic E-state index is 11.9. The van der Waals surface area contributed by atoms with Crippen LogP contribution in [0.4, 0.5) is 5.82 Å². The summed E-state index contributed by atoms with van der Waals surface area (Å²) in [5, 5.41) is 10.3. The van der Waals surface area contributed by atoms with Gasteiger partial charge in [-0.15, -0.1) is 0 Å². The van der Waals surface area contributed by atoms with Gasteiger partial charge >= 0.3 is 29.2 Å². The number of aliphatic hydroxyl groups excluding tert-OH is 1. The van der Waals surface area contributed by atoms with E-state index in [-0.39, 0.29) is 5.82 Å². The van der Waals surface area contributed by atoms with Crippen LogP contribution in [0, 0.1) is 0 Å². The summed E-state index contributed by atoms with van der Waals surface area (Å²) in [5.41, 5.74) is 4.44. The highest BCUT2D eigenvalue weighted by Crippen LogP contribution is 2.67. The zero-order chi connectivity index (χ0) is 21.5. The molecular formula is C9H16N3O13P3. The smallest absolute Gasteiger partial charge is 0.386 e. The molecule has 2 unspecified atom stereocenters. The molecule has 2 heterocycles. The molecule has 0 saturated carbocycles. The van der Waals surface area contributed by atoms with E-state index in [2.05, 4.69) is 18.1 Å². The van der Waals surface area contributed by atoms with Gasteiger partial charge in [0.2, 0.25) is 0 Å². The number of aliphatic hydroxyl groups is 1. The van der Waals surface area contributed by atoms with Crippen molar-refractivity contribution in [2.45, 2.75) is 31.5 Å². The number of phosphoric acid groups is 3. The van der Waals surface area contributed by atoms with Crippen molar-refractivity contribution in [3.05, 3.63) is 22.7 Å². The first-order chi connectivity index (χ1) is 12.6. The van der Waals surface area contributed by atoms with Crippen LogP contribution in [0.2, 0.25) is 0 Å². The second-order valence-electron chi connectivity index (χ2n) is 5.43. The average molecular weight is 467 g/mol. The van der Waals surface area contributed by atoms with Gasteiger partial charge in [0.25, 0.3) is 0 Å². The standard InChI is InChI=1S/C9H16N3O13P3/c1-4-7(23-27(18,19)25-28(20,21)24-26(15,16)17)6(13)8(22-4)12-3-2-5(10)11-9(12)14/h2-4,6-8,13H,1H3,(H,18,19)(H,20,21)(H2,10,11,14)(H2,15,16,17)/t4-,6-,7-,8-/m1/s1. The molecule has 0 spiro atoms. The summed E-state index contributed by atoms with van der Waals surface area (Å²) in [6.07, 6.45) is -4.86. The number of anilines is 1. The third-order valence-electron chi connectivity index (χ3n) is 3.24. The Kier molecular flexibility index (Phi) is 6.68. The normalized spacial score (nSPS) is 29.9. The largest absolute Gasteiger partial charge is 0.490 e. The number of hydrogen-bond acceptors (Lipinski definition) is 11. The predicted molar refractivity (Wildman–Crippen MR) is 87.2 cm³/mol. The first-order valence-corrected chi connectivity index (χ1v) is 11.6. The lowest BCUT2D eigenvalue weighted by Crippen LogP contribution is -2.36. The molecular weight excluding hydrogens is 451 g/mol. The Morgan fingerprint density at radius 1 is 1.18 bits per heavy atom. The summed E-state index contributed by atoms with van der Waals surface area (Å²) >= 11 is 0. The number of phosphoric ester groups is 1. The average Bonchev–Trinajstić information content (AvgIpc) is 2.71. The van der Waals surface area contributed by atoms with Gasteiger partial charge in [-0.2, -0.15) is 13.6 Å². The Hall–Kier alpha value is -0.990. The van der Waals surface area contributed by atoms with Gasteiger partial charge in [0, 0.05) is 6.20 Å². The highest BCUT2D eigenvalue weighted by molar-refractivity contribution is 7.66. The minimum absolute atomic E-state index is 0.105. The van der Waals surface area contributed by atoms with Crippen molar-refractivity contribution < 1.29 is 56.3 Å². The molecule has 1 aromatic rings. The Labute approximate surface area is 155 Å². The van der Waals surface area contributed by atoms with Crippen LogP contribution in [0.5, 0.6) is 0 Å². The molecule has 0 radical (unpaired) electrons. The van der Waals surface area contributed by atoms with Crippen LogP contribution in [0.15, 0.2) is 17.1 Å². The van der Waals surface area contributed by atoms with Crippen molar-refractivity contribution in [1.82, 2.24) is 9.55 Å². The van der Waals surface area contributed by atoms with Gasteiger partial charge in [0.15, 0.2) is 6.23 Å². The van der Waals surface area contributed by atoms with Crippen molar-refractivity contribution >= 4 is 29.3 Å². The number of aromatic nitrogens is 2. The third-order valence-corrected chi connectivity index (χ3v) is 7.08. The Morgan fingerprint density at radius 3 is 2.32 bits per heavy atom. The molecule has 1 fully saturated rings. The lowest BCUT2D eigenvalue weighted by Gasteiger charge is -2.22. The first-order valence-electron chi connectivity index (χ1n) is 7.11. The number of nitrogens with zero attached hydrogens (tertiary/aromatic N) is 2. The maximum Gasteiger partial charge on any atom is 0.490 e. The van der Waals surface area contributed by atoms with E-state index in [4.69, 9.17) is 25.2 Å². The molecule has 160 valence electrons. The van der Waals surface area contributed by atoms with Crippen molar-refractivity contribution in [3.63, 3.8) is 0 Å². The molecule has 1 aliphatic rings. The molecule has 7 N–H and O–H groups in total. The van der Waals surface area contributed by atoms with E-state index >= 15 is 0 Å². The van der Waals surface area contributed by atoms with E-state index in [0.717, 1.165) is 10.8 Å². The molecule has 16 nitrogen and oxygen atoms in total. The molecule has 19 heteroatoms.